The number of imidazole rings is 1. The normalized spacial score (nSPS) is 11.1. The molecule has 0 aliphatic carbocycles. The molecule has 4 nitrogen and oxygen atoms in total. The van der Waals surface area contributed by atoms with E-state index in [0.717, 1.165) is 15.7 Å². The molecule has 0 aliphatic heterocycles. The average molecular weight is 263 g/mol. The smallest absolute Gasteiger partial charge is 0.193 e. The lowest BCUT2D eigenvalue weighted by atomic mass is 10.2. The number of rotatable bonds is 3. The zero-order valence-electron chi connectivity index (χ0n) is 9.08. The molecule has 0 bridgehead atoms. The van der Waals surface area contributed by atoms with Gasteiger partial charge in [-0.2, -0.15) is 0 Å². The first kappa shape index (κ1) is 10.6. The summed E-state index contributed by atoms with van der Waals surface area (Å²) in [5.41, 5.74) is 1.34. The summed E-state index contributed by atoms with van der Waals surface area (Å²) in [6.07, 6.45) is 4.15. The highest BCUT2D eigenvalue weighted by molar-refractivity contribution is 7.15. The lowest BCUT2D eigenvalue weighted by molar-refractivity contribution is 0.0988. The van der Waals surface area contributed by atoms with Crippen molar-refractivity contribution >= 4 is 33.4 Å². The first-order chi connectivity index (χ1) is 8.22. The number of Topliss-reactive ketones (excluding diaryl/α,β-unsaturated/α-hetero) is 1. The van der Waals surface area contributed by atoms with Crippen molar-refractivity contribution in [3.05, 3.63) is 39.5 Å². The number of hydrogen-bond acceptors (Lipinski definition) is 5. The van der Waals surface area contributed by atoms with Gasteiger partial charge in [0, 0.05) is 23.2 Å². The van der Waals surface area contributed by atoms with Crippen molar-refractivity contribution in [2.45, 2.75) is 13.3 Å². The number of carbonyl (C=O) groups is 1. The summed E-state index contributed by atoms with van der Waals surface area (Å²) in [6.45, 7) is 1.90. The van der Waals surface area contributed by atoms with E-state index in [-0.39, 0.29) is 5.78 Å². The van der Waals surface area contributed by atoms with Crippen LogP contribution in [0.5, 0.6) is 0 Å². The Labute approximate surface area is 106 Å². The molecule has 0 radical (unpaired) electrons. The summed E-state index contributed by atoms with van der Waals surface area (Å²) >= 11 is 3.06. The maximum absolute atomic E-state index is 11.9. The van der Waals surface area contributed by atoms with Crippen molar-refractivity contribution in [1.82, 2.24) is 14.4 Å². The summed E-state index contributed by atoms with van der Waals surface area (Å²) in [6, 6.07) is 0. The van der Waals surface area contributed by atoms with Gasteiger partial charge in [0.2, 0.25) is 0 Å². The molecule has 0 saturated heterocycles. The summed E-state index contributed by atoms with van der Waals surface area (Å²) in [4.78, 5) is 21.4. The Morgan fingerprint density at radius 2 is 2.29 bits per heavy atom. The fraction of sp³-hybridized carbons (Fsp3) is 0.182. The fourth-order valence-electron chi connectivity index (χ4n) is 1.61. The first-order valence-electron chi connectivity index (χ1n) is 5.09. The van der Waals surface area contributed by atoms with E-state index in [2.05, 4.69) is 9.97 Å². The van der Waals surface area contributed by atoms with Gasteiger partial charge in [0.25, 0.3) is 0 Å². The maximum Gasteiger partial charge on any atom is 0.193 e. The van der Waals surface area contributed by atoms with Crippen molar-refractivity contribution in [2.24, 2.45) is 0 Å². The average Bonchev–Trinajstić information content (AvgIpc) is 2.92. The van der Waals surface area contributed by atoms with Crippen LogP contribution < -0.4 is 0 Å². The quantitative estimate of drug-likeness (QED) is 0.682. The molecule has 0 atom stereocenters. The molecule has 0 aromatic carbocycles. The summed E-state index contributed by atoms with van der Waals surface area (Å²) in [5.74, 6) is 0.0279. The van der Waals surface area contributed by atoms with E-state index < -0.39 is 0 Å². The topological polar surface area (TPSA) is 47.3 Å². The standard InChI is InChI=1S/C11H9N3OS2/c1-7-12-9(6-17-7)10(15)4-8-5-14-2-3-16-11(14)13-8/h2-3,5-6H,4H2,1H3. The van der Waals surface area contributed by atoms with E-state index in [0.29, 0.717) is 12.1 Å². The van der Waals surface area contributed by atoms with Gasteiger partial charge >= 0.3 is 0 Å². The Morgan fingerprint density at radius 3 is 3.00 bits per heavy atom. The minimum Gasteiger partial charge on any atom is -0.297 e. The third kappa shape index (κ3) is 2.01. The van der Waals surface area contributed by atoms with E-state index in [9.17, 15) is 4.79 Å². The van der Waals surface area contributed by atoms with Crippen LogP contribution in [0.4, 0.5) is 0 Å². The Kier molecular flexibility index (Phi) is 2.53. The molecule has 3 aromatic heterocycles. The number of aryl methyl sites for hydroxylation is 1. The second-order valence-electron chi connectivity index (χ2n) is 3.68. The van der Waals surface area contributed by atoms with Gasteiger partial charge in [-0.15, -0.1) is 22.7 Å². The second-order valence-corrected chi connectivity index (χ2v) is 5.61. The van der Waals surface area contributed by atoms with Crippen molar-refractivity contribution in [3.8, 4) is 0 Å². The lowest BCUT2D eigenvalue weighted by Crippen LogP contribution is -2.04. The van der Waals surface area contributed by atoms with Crippen molar-refractivity contribution in [3.63, 3.8) is 0 Å². The van der Waals surface area contributed by atoms with Gasteiger partial charge in [-0.05, 0) is 6.92 Å². The minimum absolute atomic E-state index is 0.0279. The van der Waals surface area contributed by atoms with Gasteiger partial charge in [0.15, 0.2) is 10.7 Å². The van der Waals surface area contributed by atoms with Crippen LogP contribution in [0.2, 0.25) is 0 Å². The number of fused-ring (bicyclic) bond motifs is 1. The largest absolute Gasteiger partial charge is 0.297 e. The highest BCUT2D eigenvalue weighted by atomic mass is 32.1. The molecular formula is C11H9N3OS2. The van der Waals surface area contributed by atoms with Gasteiger partial charge in [-0.3, -0.25) is 9.20 Å². The number of nitrogens with zero attached hydrogens (tertiary/aromatic N) is 3. The molecule has 0 unspecified atom stereocenters. The highest BCUT2D eigenvalue weighted by Crippen LogP contribution is 2.14. The SMILES string of the molecule is Cc1nc(C(=O)Cc2cn3ccsc3n2)cs1. The highest BCUT2D eigenvalue weighted by Gasteiger charge is 2.12. The molecule has 6 heteroatoms. The molecule has 0 amide bonds. The van der Waals surface area contributed by atoms with Crippen molar-refractivity contribution in [2.75, 3.05) is 0 Å². The number of hydrogen-bond donors (Lipinski definition) is 0. The van der Waals surface area contributed by atoms with E-state index in [1.165, 1.54) is 11.3 Å². The predicted molar refractivity (Wildman–Crippen MR) is 68.0 cm³/mol. The van der Waals surface area contributed by atoms with Gasteiger partial charge in [-0.1, -0.05) is 0 Å². The van der Waals surface area contributed by atoms with E-state index >= 15 is 0 Å². The number of ketones is 1. The molecule has 86 valence electrons. The number of carbonyl (C=O) groups excluding carboxylic acids is 1. The van der Waals surface area contributed by atoms with Crippen LogP contribution >= 0.6 is 22.7 Å². The summed E-state index contributed by atoms with van der Waals surface area (Å²) < 4.78 is 1.93. The first-order valence-corrected chi connectivity index (χ1v) is 6.85. The van der Waals surface area contributed by atoms with Crippen LogP contribution in [0, 0.1) is 6.92 Å². The second kappa shape index (κ2) is 4.05. The van der Waals surface area contributed by atoms with Gasteiger partial charge in [0.1, 0.15) is 5.69 Å². The molecule has 3 aromatic rings. The summed E-state index contributed by atoms with van der Waals surface area (Å²) in [5, 5.41) is 4.69. The predicted octanol–water partition coefficient (Wildman–Crippen LogP) is 2.59. The number of aromatic nitrogens is 3. The van der Waals surface area contributed by atoms with E-state index in [1.54, 1.807) is 16.7 Å². The van der Waals surface area contributed by atoms with Crippen LogP contribution in [0.15, 0.2) is 23.2 Å². The summed E-state index contributed by atoms with van der Waals surface area (Å²) in [7, 11) is 0. The Bertz CT molecular complexity index is 651. The zero-order valence-corrected chi connectivity index (χ0v) is 10.7. The molecule has 0 N–H and O–H groups in total. The lowest BCUT2D eigenvalue weighted by Gasteiger charge is -1.92. The molecule has 0 fully saturated rings. The van der Waals surface area contributed by atoms with Crippen LogP contribution in [-0.4, -0.2) is 20.2 Å². The molecule has 0 spiro atoms. The van der Waals surface area contributed by atoms with Crippen LogP contribution in [0.3, 0.4) is 0 Å². The molecule has 3 rings (SSSR count). The van der Waals surface area contributed by atoms with E-state index in [4.69, 9.17) is 0 Å². The Hall–Kier alpha value is -1.53. The van der Waals surface area contributed by atoms with Crippen molar-refractivity contribution < 1.29 is 4.79 Å². The Morgan fingerprint density at radius 1 is 1.41 bits per heavy atom. The third-order valence-electron chi connectivity index (χ3n) is 2.39. The molecule has 17 heavy (non-hydrogen) atoms. The third-order valence-corrected chi connectivity index (χ3v) is 3.93. The van der Waals surface area contributed by atoms with E-state index in [1.807, 2.05) is 29.1 Å². The minimum atomic E-state index is 0.0279. The molecular weight excluding hydrogens is 254 g/mol. The molecule has 3 heterocycles. The zero-order chi connectivity index (χ0) is 11.8. The molecule has 0 aliphatic rings. The number of thiazole rings is 2. The van der Waals surface area contributed by atoms with Gasteiger partial charge < -0.3 is 0 Å². The van der Waals surface area contributed by atoms with Crippen LogP contribution in [-0.2, 0) is 6.42 Å². The van der Waals surface area contributed by atoms with Gasteiger partial charge in [0.05, 0.1) is 17.1 Å². The Balaban J connectivity index is 1.83. The van der Waals surface area contributed by atoms with Crippen LogP contribution in [0.25, 0.3) is 4.96 Å². The van der Waals surface area contributed by atoms with Crippen molar-refractivity contribution in [1.29, 1.82) is 0 Å². The van der Waals surface area contributed by atoms with Crippen LogP contribution in [0.1, 0.15) is 21.2 Å². The van der Waals surface area contributed by atoms with Gasteiger partial charge in [-0.25, -0.2) is 9.97 Å². The maximum atomic E-state index is 11.9. The molecule has 0 saturated carbocycles. The monoisotopic (exact) mass is 263 g/mol. The fourth-order valence-corrected chi connectivity index (χ4v) is 2.94.